The smallest absolute Gasteiger partial charge is 0.229 e. The minimum Gasteiger partial charge on any atom is -0.369 e. The number of nitrogens with one attached hydrogen (secondary N) is 3. The third-order valence-electron chi connectivity index (χ3n) is 5.65. The maximum absolute atomic E-state index is 4.70. The van der Waals surface area contributed by atoms with Gasteiger partial charge in [0, 0.05) is 60.4 Å². The van der Waals surface area contributed by atoms with Gasteiger partial charge in [-0.05, 0) is 50.4 Å². The first-order valence-corrected chi connectivity index (χ1v) is 10.5. The molecule has 2 aromatic heterocycles. The Kier molecular flexibility index (Phi) is 5.13. The fourth-order valence-corrected chi connectivity index (χ4v) is 3.75. The molecule has 5 rings (SSSR count). The molecule has 0 atom stereocenters. The molecule has 3 heterocycles. The second kappa shape index (κ2) is 8.23. The number of benzene rings is 2. The topological polar surface area (TPSA) is 85.0 Å². The molecule has 8 heteroatoms. The van der Waals surface area contributed by atoms with E-state index in [0.29, 0.717) is 5.95 Å². The Hall–Kier alpha value is -3.65. The van der Waals surface area contributed by atoms with E-state index in [1.807, 2.05) is 43.6 Å². The molecule has 158 valence electrons. The van der Waals surface area contributed by atoms with E-state index in [2.05, 4.69) is 60.9 Å². The number of H-pyrrole nitrogens is 1. The summed E-state index contributed by atoms with van der Waals surface area (Å²) in [6, 6.07) is 14.5. The van der Waals surface area contributed by atoms with Crippen molar-refractivity contribution in [1.29, 1.82) is 0 Å². The molecule has 0 unspecified atom stereocenters. The molecule has 0 bridgehead atoms. The van der Waals surface area contributed by atoms with E-state index in [-0.39, 0.29) is 0 Å². The van der Waals surface area contributed by atoms with Gasteiger partial charge in [0.05, 0.1) is 11.7 Å². The van der Waals surface area contributed by atoms with Crippen molar-refractivity contribution in [2.75, 3.05) is 48.8 Å². The van der Waals surface area contributed by atoms with E-state index in [9.17, 15) is 0 Å². The number of rotatable bonds is 5. The van der Waals surface area contributed by atoms with Crippen LogP contribution in [0.2, 0.25) is 0 Å². The quantitative estimate of drug-likeness (QED) is 0.457. The summed E-state index contributed by atoms with van der Waals surface area (Å²) in [4.78, 5) is 13.9. The first-order chi connectivity index (χ1) is 15.1. The maximum Gasteiger partial charge on any atom is 0.229 e. The Morgan fingerprint density at radius 2 is 1.77 bits per heavy atom. The van der Waals surface area contributed by atoms with Crippen molar-refractivity contribution in [3.8, 4) is 0 Å². The molecule has 31 heavy (non-hydrogen) atoms. The van der Waals surface area contributed by atoms with Gasteiger partial charge in [0.25, 0.3) is 0 Å². The van der Waals surface area contributed by atoms with Crippen LogP contribution in [0.25, 0.3) is 10.9 Å². The Balaban J connectivity index is 1.33. The van der Waals surface area contributed by atoms with Gasteiger partial charge in [0.15, 0.2) is 0 Å². The average molecular weight is 415 g/mol. The molecule has 0 radical (unpaired) electrons. The number of nitrogens with zero attached hydrogens (tertiary/aromatic N) is 5. The highest BCUT2D eigenvalue weighted by Gasteiger charge is 2.14. The van der Waals surface area contributed by atoms with Gasteiger partial charge in [-0.2, -0.15) is 10.1 Å². The van der Waals surface area contributed by atoms with Crippen LogP contribution in [0, 0.1) is 6.92 Å². The van der Waals surface area contributed by atoms with Crippen molar-refractivity contribution < 1.29 is 0 Å². The van der Waals surface area contributed by atoms with Crippen molar-refractivity contribution in [2.24, 2.45) is 0 Å². The van der Waals surface area contributed by atoms with Gasteiger partial charge in [-0.1, -0.05) is 6.07 Å². The average Bonchev–Trinajstić information content (AvgIpc) is 3.25. The second-order valence-electron chi connectivity index (χ2n) is 7.99. The first-order valence-electron chi connectivity index (χ1n) is 10.5. The lowest BCUT2D eigenvalue weighted by Gasteiger charge is -2.34. The lowest BCUT2D eigenvalue weighted by molar-refractivity contribution is 0.313. The molecule has 1 aliphatic heterocycles. The van der Waals surface area contributed by atoms with Crippen LogP contribution < -0.4 is 15.5 Å². The van der Waals surface area contributed by atoms with E-state index in [1.54, 1.807) is 0 Å². The van der Waals surface area contributed by atoms with Crippen LogP contribution in [0.1, 0.15) is 5.56 Å². The van der Waals surface area contributed by atoms with Crippen LogP contribution >= 0.6 is 0 Å². The van der Waals surface area contributed by atoms with E-state index >= 15 is 0 Å². The van der Waals surface area contributed by atoms with Gasteiger partial charge in [0.2, 0.25) is 5.95 Å². The summed E-state index contributed by atoms with van der Waals surface area (Å²) in [5.74, 6) is 1.33. The van der Waals surface area contributed by atoms with Crippen LogP contribution in [0.5, 0.6) is 0 Å². The zero-order chi connectivity index (χ0) is 21.2. The standard InChI is InChI=1S/C23H26N8/c1-16-14-24-23(28-22(16)26-19-7-6-17-15-25-29-21(17)13-19)27-18-4-3-5-20(12-18)31-10-8-30(2)9-11-31/h3-7,12-15H,8-11H2,1-2H3,(H,25,29)(H2,24,26,27,28). The Labute approximate surface area is 181 Å². The number of fused-ring (bicyclic) bond motifs is 1. The molecule has 2 aromatic carbocycles. The molecule has 1 aliphatic rings. The van der Waals surface area contributed by atoms with Crippen molar-refractivity contribution in [3.63, 3.8) is 0 Å². The lowest BCUT2D eigenvalue weighted by Crippen LogP contribution is -2.44. The molecule has 1 fully saturated rings. The highest BCUT2D eigenvalue weighted by atomic mass is 15.2. The van der Waals surface area contributed by atoms with Crippen molar-refractivity contribution >= 4 is 39.7 Å². The fourth-order valence-electron chi connectivity index (χ4n) is 3.75. The Morgan fingerprint density at radius 1 is 0.935 bits per heavy atom. The molecule has 0 aliphatic carbocycles. The SMILES string of the molecule is Cc1cnc(Nc2cccc(N3CCN(C)CC3)c2)nc1Nc1ccc2cn[nH]c2c1. The summed E-state index contributed by atoms with van der Waals surface area (Å²) >= 11 is 0. The molecule has 0 saturated carbocycles. The Morgan fingerprint density at radius 3 is 2.65 bits per heavy atom. The summed E-state index contributed by atoms with van der Waals surface area (Å²) in [7, 11) is 2.17. The molecule has 0 spiro atoms. The third kappa shape index (κ3) is 4.29. The highest BCUT2D eigenvalue weighted by molar-refractivity contribution is 5.82. The minimum absolute atomic E-state index is 0.561. The first kappa shape index (κ1) is 19.3. The van der Waals surface area contributed by atoms with Gasteiger partial charge in [-0.25, -0.2) is 4.98 Å². The maximum atomic E-state index is 4.70. The number of aromatic amines is 1. The number of hydrogen-bond acceptors (Lipinski definition) is 7. The fraction of sp³-hybridized carbons (Fsp3) is 0.261. The molecule has 4 aromatic rings. The number of anilines is 5. The number of aryl methyl sites for hydroxylation is 1. The van der Waals surface area contributed by atoms with Gasteiger partial charge in [-0.3, -0.25) is 5.10 Å². The van der Waals surface area contributed by atoms with Crippen LogP contribution in [0.15, 0.2) is 54.9 Å². The van der Waals surface area contributed by atoms with Crippen LogP contribution in [0.4, 0.5) is 28.8 Å². The van der Waals surface area contributed by atoms with Crippen LogP contribution in [0.3, 0.4) is 0 Å². The second-order valence-corrected chi connectivity index (χ2v) is 7.99. The lowest BCUT2D eigenvalue weighted by atomic mass is 10.2. The van der Waals surface area contributed by atoms with Crippen molar-refractivity contribution in [1.82, 2.24) is 25.1 Å². The molecule has 3 N–H and O–H groups in total. The molecular weight excluding hydrogens is 388 g/mol. The summed E-state index contributed by atoms with van der Waals surface area (Å²) in [5, 5.41) is 14.9. The van der Waals surface area contributed by atoms with Gasteiger partial charge >= 0.3 is 0 Å². The zero-order valence-electron chi connectivity index (χ0n) is 17.8. The summed E-state index contributed by atoms with van der Waals surface area (Å²) in [5.41, 5.74) is 5.10. The summed E-state index contributed by atoms with van der Waals surface area (Å²) in [6.07, 6.45) is 3.64. The van der Waals surface area contributed by atoms with Crippen LogP contribution in [-0.4, -0.2) is 58.3 Å². The van der Waals surface area contributed by atoms with Crippen molar-refractivity contribution in [2.45, 2.75) is 6.92 Å². The normalized spacial score (nSPS) is 14.7. The summed E-state index contributed by atoms with van der Waals surface area (Å²) in [6.45, 7) is 6.23. The number of aromatic nitrogens is 4. The predicted molar refractivity (Wildman–Crippen MR) is 126 cm³/mol. The van der Waals surface area contributed by atoms with Gasteiger partial charge < -0.3 is 20.4 Å². The van der Waals surface area contributed by atoms with Gasteiger partial charge in [0.1, 0.15) is 5.82 Å². The number of piperazine rings is 1. The van der Waals surface area contributed by atoms with Crippen molar-refractivity contribution in [3.05, 3.63) is 60.4 Å². The zero-order valence-corrected chi connectivity index (χ0v) is 17.8. The molecule has 0 amide bonds. The van der Waals surface area contributed by atoms with E-state index in [1.165, 1.54) is 5.69 Å². The third-order valence-corrected chi connectivity index (χ3v) is 5.65. The van der Waals surface area contributed by atoms with E-state index in [4.69, 9.17) is 4.98 Å². The highest BCUT2D eigenvalue weighted by Crippen LogP contribution is 2.25. The molecular formula is C23H26N8. The Bertz CT molecular complexity index is 1190. The predicted octanol–water partition coefficient (Wildman–Crippen LogP) is 3.90. The monoisotopic (exact) mass is 414 g/mol. The molecule has 8 nitrogen and oxygen atoms in total. The largest absolute Gasteiger partial charge is 0.369 e. The molecule has 1 saturated heterocycles. The number of likely N-dealkylation sites (N-methyl/N-ethyl adjacent to an activating group) is 1. The summed E-state index contributed by atoms with van der Waals surface area (Å²) < 4.78 is 0. The minimum atomic E-state index is 0.561. The van der Waals surface area contributed by atoms with Gasteiger partial charge in [-0.15, -0.1) is 0 Å². The number of hydrogen-bond donors (Lipinski definition) is 3. The van der Waals surface area contributed by atoms with Crippen LogP contribution in [-0.2, 0) is 0 Å². The van der Waals surface area contributed by atoms with E-state index in [0.717, 1.165) is 59.8 Å². The van der Waals surface area contributed by atoms with E-state index < -0.39 is 0 Å².